The van der Waals surface area contributed by atoms with Gasteiger partial charge in [0.05, 0.1) is 18.0 Å². The predicted molar refractivity (Wildman–Crippen MR) is 132 cm³/mol. The molecule has 0 saturated carbocycles. The first-order valence-corrected chi connectivity index (χ1v) is 12.6. The number of fused-ring (bicyclic) bond motifs is 1. The van der Waals surface area contributed by atoms with Crippen molar-refractivity contribution >= 4 is 11.6 Å². The highest BCUT2D eigenvalue weighted by Gasteiger charge is 2.20. The van der Waals surface area contributed by atoms with Gasteiger partial charge in [0, 0.05) is 37.1 Å². The third-order valence-electron chi connectivity index (χ3n) is 6.85. The van der Waals surface area contributed by atoms with E-state index in [0.717, 1.165) is 93.0 Å². The summed E-state index contributed by atoms with van der Waals surface area (Å²) in [5.41, 5.74) is 3.98. The maximum Gasteiger partial charge on any atom is 0.229 e. The minimum Gasteiger partial charge on any atom is -0.492 e. The molecular weight excluding hydrogens is 447 g/mol. The highest BCUT2D eigenvalue weighted by Crippen LogP contribution is 2.26. The van der Waals surface area contributed by atoms with Crippen LogP contribution in [0.3, 0.4) is 0 Å². The van der Waals surface area contributed by atoms with E-state index in [1.165, 1.54) is 6.20 Å². The van der Waals surface area contributed by atoms with Crippen LogP contribution in [0.5, 0.6) is 5.75 Å². The average molecular weight is 481 g/mol. The molecule has 0 unspecified atom stereocenters. The van der Waals surface area contributed by atoms with Crippen LogP contribution in [0.25, 0.3) is 5.82 Å². The van der Waals surface area contributed by atoms with E-state index < -0.39 is 5.82 Å². The maximum absolute atomic E-state index is 14.7. The Balaban J connectivity index is 1.30. The van der Waals surface area contributed by atoms with Crippen molar-refractivity contribution in [3.05, 3.63) is 53.5 Å². The topological polar surface area (TPSA) is 88.3 Å². The van der Waals surface area contributed by atoms with Crippen molar-refractivity contribution in [2.24, 2.45) is 0 Å². The van der Waals surface area contributed by atoms with Crippen LogP contribution in [0, 0.1) is 5.82 Å². The smallest absolute Gasteiger partial charge is 0.229 e. The van der Waals surface area contributed by atoms with Crippen LogP contribution in [0.1, 0.15) is 49.6 Å². The molecule has 2 aromatic heterocycles. The zero-order valence-corrected chi connectivity index (χ0v) is 20.2. The van der Waals surface area contributed by atoms with Gasteiger partial charge in [-0.2, -0.15) is 4.98 Å². The first kappa shape index (κ1) is 23.7. The number of aliphatic hydroxyl groups is 1. The SMILES string of the molecule is CCc1cc(Nc2ncc(F)c(-n3cnc4c3CCCC4)n2)cc(OCCN2CCC(O)CC2)c1. The van der Waals surface area contributed by atoms with Crippen molar-refractivity contribution in [2.45, 2.75) is 58.0 Å². The van der Waals surface area contributed by atoms with Gasteiger partial charge in [-0.3, -0.25) is 9.47 Å². The van der Waals surface area contributed by atoms with Crippen LogP contribution >= 0.6 is 0 Å². The molecule has 1 aliphatic carbocycles. The van der Waals surface area contributed by atoms with Crippen LogP contribution in [0.2, 0.25) is 0 Å². The van der Waals surface area contributed by atoms with Crippen molar-refractivity contribution in [1.29, 1.82) is 0 Å². The molecule has 186 valence electrons. The number of likely N-dealkylation sites (tertiary alicyclic amines) is 1. The summed E-state index contributed by atoms with van der Waals surface area (Å²) in [5, 5.41) is 12.9. The predicted octanol–water partition coefficient (Wildman–Crippen LogP) is 3.82. The molecule has 1 aromatic carbocycles. The second-order valence-electron chi connectivity index (χ2n) is 9.35. The van der Waals surface area contributed by atoms with Crippen LogP contribution in [-0.4, -0.2) is 61.9 Å². The summed E-state index contributed by atoms with van der Waals surface area (Å²) in [7, 11) is 0. The number of anilines is 2. The van der Waals surface area contributed by atoms with Gasteiger partial charge in [0.2, 0.25) is 5.95 Å². The molecule has 1 saturated heterocycles. The third-order valence-corrected chi connectivity index (χ3v) is 6.85. The molecule has 0 bridgehead atoms. The number of halogens is 1. The second-order valence-corrected chi connectivity index (χ2v) is 9.35. The zero-order chi connectivity index (χ0) is 24.2. The van der Waals surface area contributed by atoms with E-state index in [1.54, 1.807) is 10.9 Å². The lowest BCUT2D eigenvalue weighted by Crippen LogP contribution is -2.38. The van der Waals surface area contributed by atoms with E-state index in [2.05, 4.69) is 32.1 Å². The number of nitrogens with one attached hydrogen (secondary N) is 1. The number of rotatable bonds is 8. The lowest BCUT2D eigenvalue weighted by molar-refractivity contribution is 0.0755. The monoisotopic (exact) mass is 480 g/mol. The van der Waals surface area contributed by atoms with Gasteiger partial charge in [-0.15, -0.1) is 0 Å². The molecule has 0 spiro atoms. The highest BCUT2D eigenvalue weighted by molar-refractivity contribution is 5.58. The van der Waals surface area contributed by atoms with E-state index in [9.17, 15) is 9.50 Å². The summed E-state index contributed by atoms with van der Waals surface area (Å²) >= 11 is 0. The summed E-state index contributed by atoms with van der Waals surface area (Å²) < 4.78 is 22.5. The summed E-state index contributed by atoms with van der Waals surface area (Å²) in [6, 6.07) is 5.99. The van der Waals surface area contributed by atoms with Gasteiger partial charge in [-0.05, 0) is 62.6 Å². The normalized spacial score (nSPS) is 16.8. The molecule has 1 fully saturated rings. The Morgan fingerprint density at radius 2 is 1.97 bits per heavy atom. The number of imidazole rings is 1. The molecule has 2 N–H and O–H groups in total. The number of hydrogen-bond acceptors (Lipinski definition) is 7. The van der Waals surface area contributed by atoms with E-state index in [4.69, 9.17) is 4.74 Å². The second kappa shape index (κ2) is 10.7. The summed E-state index contributed by atoms with van der Waals surface area (Å²) in [6.07, 6.45) is 9.18. The third kappa shape index (κ3) is 5.62. The number of piperidine rings is 1. The number of nitrogens with zero attached hydrogens (tertiary/aromatic N) is 5. The van der Waals surface area contributed by atoms with Crippen molar-refractivity contribution in [3.63, 3.8) is 0 Å². The summed E-state index contributed by atoms with van der Waals surface area (Å²) in [5.74, 6) is 0.839. The van der Waals surface area contributed by atoms with Gasteiger partial charge < -0.3 is 15.2 Å². The molecule has 0 atom stereocenters. The van der Waals surface area contributed by atoms with Crippen molar-refractivity contribution in [1.82, 2.24) is 24.4 Å². The Labute approximate surface area is 205 Å². The van der Waals surface area contributed by atoms with E-state index >= 15 is 0 Å². The molecule has 3 heterocycles. The maximum atomic E-state index is 14.7. The molecule has 1 aliphatic heterocycles. The zero-order valence-electron chi connectivity index (χ0n) is 20.2. The van der Waals surface area contributed by atoms with Crippen LogP contribution in [-0.2, 0) is 19.3 Å². The molecule has 3 aromatic rings. The lowest BCUT2D eigenvalue weighted by atomic mass is 10.0. The van der Waals surface area contributed by atoms with Gasteiger partial charge in [-0.1, -0.05) is 6.92 Å². The van der Waals surface area contributed by atoms with Crippen LogP contribution in [0.15, 0.2) is 30.7 Å². The van der Waals surface area contributed by atoms with E-state index in [-0.39, 0.29) is 11.9 Å². The van der Waals surface area contributed by atoms with Gasteiger partial charge >= 0.3 is 0 Å². The first-order chi connectivity index (χ1) is 17.1. The Hall–Kier alpha value is -3.04. The summed E-state index contributed by atoms with van der Waals surface area (Å²) in [6.45, 7) is 5.29. The largest absolute Gasteiger partial charge is 0.492 e. The lowest BCUT2D eigenvalue weighted by Gasteiger charge is -2.29. The standard InChI is InChI=1S/C26H33FN6O2/c1-2-18-13-19(15-21(14-18)35-12-11-32-9-7-20(34)8-10-32)30-26-28-16-22(27)25(31-26)33-17-29-23-5-3-4-6-24(23)33/h13-17,20,34H,2-12H2,1H3,(H,28,30,31). The van der Waals surface area contributed by atoms with Gasteiger partial charge in [0.1, 0.15) is 18.7 Å². The Bertz CT molecular complexity index is 1160. The molecule has 8 nitrogen and oxygen atoms in total. The molecule has 0 amide bonds. The Morgan fingerprint density at radius 1 is 1.14 bits per heavy atom. The number of hydrogen-bond donors (Lipinski definition) is 2. The first-order valence-electron chi connectivity index (χ1n) is 12.6. The molecule has 35 heavy (non-hydrogen) atoms. The fraction of sp³-hybridized carbons (Fsp3) is 0.500. The van der Waals surface area contributed by atoms with Crippen LogP contribution in [0.4, 0.5) is 16.0 Å². The number of benzene rings is 1. The molecule has 9 heteroatoms. The minimum absolute atomic E-state index is 0.171. The number of aliphatic hydroxyl groups excluding tert-OH is 1. The highest BCUT2D eigenvalue weighted by atomic mass is 19.1. The molecule has 5 rings (SSSR count). The van der Waals surface area contributed by atoms with Crippen LogP contribution < -0.4 is 10.1 Å². The van der Waals surface area contributed by atoms with Gasteiger partial charge in [0.25, 0.3) is 0 Å². The average Bonchev–Trinajstić information content (AvgIpc) is 3.30. The quantitative estimate of drug-likeness (QED) is 0.507. The molecular formula is C26H33FN6O2. The number of aryl methyl sites for hydroxylation is 2. The van der Waals surface area contributed by atoms with Gasteiger partial charge in [-0.25, -0.2) is 14.4 Å². The fourth-order valence-corrected chi connectivity index (χ4v) is 4.82. The van der Waals surface area contributed by atoms with Gasteiger partial charge in [0.15, 0.2) is 11.6 Å². The Morgan fingerprint density at radius 3 is 2.80 bits per heavy atom. The number of ether oxygens (including phenoxy) is 1. The molecule has 0 radical (unpaired) electrons. The van der Waals surface area contributed by atoms with E-state index in [0.29, 0.717) is 12.6 Å². The fourth-order valence-electron chi connectivity index (χ4n) is 4.82. The minimum atomic E-state index is -0.474. The van der Waals surface area contributed by atoms with E-state index in [1.807, 2.05) is 18.2 Å². The Kier molecular flexibility index (Phi) is 7.24. The van der Waals surface area contributed by atoms with Crippen molar-refractivity contribution < 1.29 is 14.2 Å². The number of aromatic nitrogens is 4. The summed E-state index contributed by atoms with van der Waals surface area (Å²) in [4.78, 5) is 15.5. The molecule has 2 aliphatic rings. The van der Waals surface area contributed by atoms with Crippen molar-refractivity contribution in [3.8, 4) is 11.6 Å². The van der Waals surface area contributed by atoms with Crippen molar-refractivity contribution in [2.75, 3.05) is 31.6 Å².